The quantitative estimate of drug-likeness (QED) is 0.864. The van der Waals surface area contributed by atoms with Gasteiger partial charge in [-0.2, -0.15) is 5.26 Å². The minimum atomic E-state index is -0.0808. The van der Waals surface area contributed by atoms with Gasteiger partial charge in [-0.25, -0.2) is 0 Å². The zero-order chi connectivity index (χ0) is 12.8. The second-order valence-corrected chi connectivity index (χ2v) is 4.21. The molecule has 1 aromatic carbocycles. The number of hydrogen-bond donors (Lipinski definition) is 1. The van der Waals surface area contributed by atoms with Crippen molar-refractivity contribution >= 4 is 5.91 Å². The number of hydrogen-bond acceptors (Lipinski definition) is 2. The molecule has 0 radical (unpaired) electrons. The summed E-state index contributed by atoms with van der Waals surface area (Å²) in [5.41, 5.74) is 2.66. The number of amides is 1. The molecule has 0 fully saturated rings. The van der Waals surface area contributed by atoms with Crippen LogP contribution in [0.1, 0.15) is 41.3 Å². The van der Waals surface area contributed by atoms with Crippen molar-refractivity contribution in [3.05, 3.63) is 34.9 Å². The van der Waals surface area contributed by atoms with Crippen LogP contribution in [0, 0.1) is 25.2 Å². The Balaban J connectivity index is 2.87. The van der Waals surface area contributed by atoms with E-state index >= 15 is 0 Å². The Bertz CT molecular complexity index is 426. The van der Waals surface area contributed by atoms with Gasteiger partial charge in [0.05, 0.1) is 12.5 Å². The summed E-state index contributed by atoms with van der Waals surface area (Å²) in [6.07, 6.45) is 1.12. The van der Waals surface area contributed by atoms with Gasteiger partial charge in [-0.3, -0.25) is 4.79 Å². The highest BCUT2D eigenvalue weighted by Crippen LogP contribution is 2.13. The summed E-state index contributed by atoms with van der Waals surface area (Å²) in [6.45, 7) is 5.81. The summed E-state index contributed by atoms with van der Waals surface area (Å²) < 4.78 is 0. The third kappa shape index (κ3) is 3.32. The first-order chi connectivity index (χ1) is 8.10. The molecule has 1 unspecified atom stereocenters. The van der Waals surface area contributed by atoms with E-state index in [0.29, 0.717) is 6.42 Å². The van der Waals surface area contributed by atoms with Crippen LogP contribution in [0.5, 0.6) is 0 Å². The van der Waals surface area contributed by atoms with Crippen LogP contribution >= 0.6 is 0 Å². The molecule has 0 saturated heterocycles. The monoisotopic (exact) mass is 230 g/mol. The fourth-order valence-electron chi connectivity index (χ4n) is 1.84. The maximum atomic E-state index is 12.1. The van der Waals surface area contributed by atoms with Crippen LogP contribution in [0.25, 0.3) is 0 Å². The van der Waals surface area contributed by atoms with Crippen molar-refractivity contribution < 1.29 is 4.79 Å². The van der Waals surface area contributed by atoms with E-state index in [9.17, 15) is 4.79 Å². The van der Waals surface area contributed by atoms with Crippen molar-refractivity contribution in [2.45, 2.75) is 39.7 Å². The van der Waals surface area contributed by atoms with Gasteiger partial charge in [0.25, 0.3) is 5.91 Å². The zero-order valence-corrected chi connectivity index (χ0v) is 10.6. The summed E-state index contributed by atoms with van der Waals surface area (Å²) in [4.78, 5) is 12.1. The van der Waals surface area contributed by atoms with Gasteiger partial charge < -0.3 is 5.32 Å². The standard InChI is InChI=1S/C14H18N2O/c1-4-12(8-9-15)16-14(17)13-10(2)6-5-7-11(13)3/h5-7,12H,4,8H2,1-3H3,(H,16,17). The lowest BCUT2D eigenvalue weighted by molar-refractivity contribution is 0.0935. The smallest absolute Gasteiger partial charge is 0.252 e. The maximum Gasteiger partial charge on any atom is 0.252 e. The number of aryl methyl sites for hydroxylation is 2. The molecule has 0 bridgehead atoms. The molecule has 0 aliphatic heterocycles. The SMILES string of the molecule is CCC(CC#N)NC(=O)c1c(C)cccc1C. The van der Waals surface area contributed by atoms with Gasteiger partial charge >= 0.3 is 0 Å². The number of benzene rings is 1. The third-order valence-electron chi connectivity index (χ3n) is 2.87. The van der Waals surface area contributed by atoms with Crippen LogP contribution in [0.2, 0.25) is 0 Å². The number of carbonyl (C=O) groups is 1. The molecule has 3 heteroatoms. The number of rotatable bonds is 4. The number of carbonyl (C=O) groups excluding carboxylic acids is 1. The summed E-state index contributed by atoms with van der Waals surface area (Å²) in [6, 6.07) is 7.81. The van der Waals surface area contributed by atoms with Crippen LogP contribution in [-0.2, 0) is 0 Å². The predicted octanol–water partition coefficient (Wildman–Crippen LogP) is 2.73. The Morgan fingerprint density at radius 1 is 1.41 bits per heavy atom. The fraction of sp³-hybridized carbons (Fsp3) is 0.429. The molecule has 0 spiro atoms. The second-order valence-electron chi connectivity index (χ2n) is 4.21. The highest BCUT2D eigenvalue weighted by molar-refractivity contribution is 5.97. The van der Waals surface area contributed by atoms with E-state index in [-0.39, 0.29) is 11.9 Å². The highest BCUT2D eigenvalue weighted by atomic mass is 16.1. The Hall–Kier alpha value is -1.82. The van der Waals surface area contributed by atoms with Crippen LogP contribution in [0.3, 0.4) is 0 Å². The van der Waals surface area contributed by atoms with Crippen molar-refractivity contribution in [3.8, 4) is 6.07 Å². The lowest BCUT2D eigenvalue weighted by Gasteiger charge is -2.16. The first kappa shape index (κ1) is 13.2. The summed E-state index contributed by atoms with van der Waals surface area (Å²) in [5, 5.41) is 11.6. The molecule has 17 heavy (non-hydrogen) atoms. The van der Waals surface area contributed by atoms with Crippen molar-refractivity contribution in [2.24, 2.45) is 0 Å². The van der Waals surface area contributed by atoms with Crippen LogP contribution < -0.4 is 5.32 Å². The lowest BCUT2D eigenvalue weighted by Crippen LogP contribution is -2.34. The number of nitrogens with one attached hydrogen (secondary N) is 1. The molecular formula is C14H18N2O. The van der Waals surface area contributed by atoms with Crippen molar-refractivity contribution in [2.75, 3.05) is 0 Å². The Labute approximate surface area is 102 Å². The molecule has 0 heterocycles. The molecule has 1 amide bonds. The van der Waals surface area contributed by atoms with Crippen LogP contribution in [-0.4, -0.2) is 11.9 Å². The predicted molar refractivity (Wildman–Crippen MR) is 67.7 cm³/mol. The zero-order valence-electron chi connectivity index (χ0n) is 10.6. The highest BCUT2D eigenvalue weighted by Gasteiger charge is 2.15. The lowest BCUT2D eigenvalue weighted by atomic mass is 10.0. The van der Waals surface area contributed by atoms with Gasteiger partial charge in [-0.1, -0.05) is 25.1 Å². The molecule has 0 aliphatic rings. The fourth-order valence-corrected chi connectivity index (χ4v) is 1.84. The van der Waals surface area contributed by atoms with Gasteiger partial charge in [0.15, 0.2) is 0 Å². The molecule has 90 valence electrons. The van der Waals surface area contributed by atoms with Gasteiger partial charge in [0.1, 0.15) is 0 Å². The van der Waals surface area contributed by atoms with Crippen molar-refractivity contribution in [1.29, 1.82) is 5.26 Å². The third-order valence-corrected chi connectivity index (χ3v) is 2.87. The van der Waals surface area contributed by atoms with Crippen molar-refractivity contribution in [3.63, 3.8) is 0 Å². The minimum Gasteiger partial charge on any atom is -0.348 e. The molecule has 3 nitrogen and oxygen atoms in total. The summed E-state index contributed by atoms with van der Waals surface area (Å²) >= 11 is 0. The number of nitriles is 1. The van der Waals surface area contributed by atoms with E-state index in [4.69, 9.17) is 5.26 Å². The average Bonchev–Trinajstić information content (AvgIpc) is 2.28. The van der Waals surface area contributed by atoms with Gasteiger partial charge in [-0.15, -0.1) is 0 Å². The average molecular weight is 230 g/mol. The van der Waals surface area contributed by atoms with Gasteiger partial charge in [-0.05, 0) is 31.4 Å². The topological polar surface area (TPSA) is 52.9 Å². The first-order valence-electron chi connectivity index (χ1n) is 5.84. The Kier molecular flexibility index (Phi) is 4.71. The van der Waals surface area contributed by atoms with E-state index in [1.54, 1.807) is 0 Å². The molecular weight excluding hydrogens is 212 g/mol. The second kappa shape index (κ2) is 6.05. The maximum absolute atomic E-state index is 12.1. The molecule has 0 saturated carbocycles. The summed E-state index contributed by atoms with van der Waals surface area (Å²) in [5.74, 6) is -0.0808. The Morgan fingerprint density at radius 2 is 2.00 bits per heavy atom. The molecule has 1 aromatic rings. The van der Waals surface area contributed by atoms with E-state index in [0.717, 1.165) is 23.1 Å². The van der Waals surface area contributed by atoms with E-state index in [1.165, 1.54) is 0 Å². The van der Waals surface area contributed by atoms with Crippen molar-refractivity contribution in [1.82, 2.24) is 5.32 Å². The van der Waals surface area contributed by atoms with E-state index in [1.807, 2.05) is 39.0 Å². The minimum absolute atomic E-state index is 0.0634. The van der Waals surface area contributed by atoms with E-state index < -0.39 is 0 Å². The largest absolute Gasteiger partial charge is 0.348 e. The molecule has 1 rings (SSSR count). The van der Waals surface area contributed by atoms with Gasteiger partial charge in [0, 0.05) is 11.6 Å². The normalized spacial score (nSPS) is 11.6. The first-order valence-corrected chi connectivity index (χ1v) is 5.84. The van der Waals surface area contributed by atoms with Crippen LogP contribution in [0.4, 0.5) is 0 Å². The Morgan fingerprint density at radius 3 is 2.47 bits per heavy atom. The summed E-state index contributed by atoms with van der Waals surface area (Å²) in [7, 11) is 0. The van der Waals surface area contributed by atoms with E-state index in [2.05, 4.69) is 11.4 Å². The van der Waals surface area contributed by atoms with Crippen LogP contribution in [0.15, 0.2) is 18.2 Å². The molecule has 1 N–H and O–H groups in total. The number of nitrogens with zero attached hydrogens (tertiary/aromatic N) is 1. The molecule has 0 aliphatic carbocycles. The molecule has 1 atom stereocenters. The van der Waals surface area contributed by atoms with Gasteiger partial charge in [0.2, 0.25) is 0 Å². The molecule has 0 aromatic heterocycles.